The highest BCUT2D eigenvalue weighted by Gasteiger charge is 2.30. The number of fused-ring (bicyclic) bond motifs is 1. The number of ether oxygens (including phenoxy) is 2. The molecule has 0 amide bonds. The lowest BCUT2D eigenvalue weighted by Gasteiger charge is -2.33. The Morgan fingerprint density at radius 1 is 1.07 bits per heavy atom. The van der Waals surface area contributed by atoms with Crippen molar-refractivity contribution in [2.45, 2.75) is 13.0 Å². The van der Waals surface area contributed by atoms with Crippen LogP contribution in [-0.2, 0) is 19.1 Å². The van der Waals surface area contributed by atoms with Gasteiger partial charge < -0.3 is 14.4 Å². The van der Waals surface area contributed by atoms with Gasteiger partial charge in [0, 0.05) is 5.56 Å². The summed E-state index contributed by atoms with van der Waals surface area (Å²) in [7, 11) is 2.53. The van der Waals surface area contributed by atoms with Crippen molar-refractivity contribution in [1.29, 1.82) is 0 Å². The summed E-state index contributed by atoms with van der Waals surface area (Å²) >= 11 is 0. The van der Waals surface area contributed by atoms with Crippen molar-refractivity contribution in [2.75, 3.05) is 19.1 Å². The number of esters is 2. The van der Waals surface area contributed by atoms with Crippen LogP contribution in [0.3, 0.4) is 0 Å². The van der Waals surface area contributed by atoms with E-state index in [0.717, 1.165) is 28.5 Å². The van der Waals surface area contributed by atoms with E-state index in [-0.39, 0.29) is 5.70 Å². The SMILES string of the molecule is COC(=O)/C=C(\C(=O)OC)N1c2ccc(C)cc2C=CC1C#Cc1ccccc1. The smallest absolute Gasteiger partial charge is 0.355 e. The van der Waals surface area contributed by atoms with Crippen molar-refractivity contribution < 1.29 is 19.1 Å². The van der Waals surface area contributed by atoms with Crippen molar-refractivity contribution in [3.05, 3.63) is 83.1 Å². The van der Waals surface area contributed by atoms with Gasteiger partial charge in [0.25, 0.3) is 0 Å². The molecular formula is C24H21NO4. The molecule has 0 aliphatic carbocycles. The summed E-state index contributed by atoms with van der Waals surface area (Å²) in [5.41, 5.74) is 3.67. The fraction of sp³-hybridized carbons (Fsp3) is 0.167. The fourth-order valence-corrected chi connectivity index (χ4v) is 3.03. The maximum absolute atomic E-state index is 12.5. The Hall–Kier alpha value is -3.78. The first-order chi connectivity index (χ1) is 14.0. The second-order valence-electron chi connectivity index (χ2n) is 6.42. The monoisotopic (exact) mass is 387 g/mol. The Labute approximate surface area is 170 Å². The number of benzene rings is 2. The number of nitrogens with zero attached hydrogens (tertiary/aromatic N) is 1. The highest BCUT2D eigenvalue weighted by atomic mass is 16.5. The molecule has 1 unspecified atom stereocenters. The molecule has 1 heterocycles. The van der Waals surface area contributed by atoms with Gasteiger partial charge in [-0.15, -0.1) is 0 Å². The third kappa shape index (κ3) is 4.56. The van der Waals surface area contributed by atoms with Crippen LogP contribution >= 0.6 is 0 Å². The van der Waals surface area contributed by atoms with Crippen LogP contribution in [0.1, 0.15) is 16.7 Å². The van der Waals surface area contributed by atoms with Crippen molar-refractivity contribution in [3.63, 3.8) is 0 Å². The van der Waals surface area contributed by atoms with Gasteiger partial charge >= 0.3 is 11.9 Å². The number of methoxy groups -OCH3 is 2. The van der Waals surface area contributed by atoms with Gasteiger partial charge in [-0.25, -0.2) is 9.59 Å². The zero-order valence-corrected chi connectivity index (χ0v) is 16.5. The van der Waals surface area contributed by atoms with Crippen molar-refractivity contribution in [3.8, 4) is 11.8 Å². The van der Waals surface area contributed by atoms with Crippen LogP contribution in [0.15, 0.2) is 66.4 Å². The molecule has 3 rings (SSSR count). The largest absolute Gasteiger partial charge is 0.466 e. The summed E-state index contributed by atoms with van der Waals surface area (Å²) in [5.74, 6) is 5.01. The number of rotatable bonds is 3. The van der Waals surface area contributed by atoms with E-state index in [1.165, 1.54) is 14.2 Å². The number of carbonyl (C=O) groups is 2. The summed E-state index contributed by atoms with van der Waals surface area (Å²) < 4.78 is 9.67. The molecule has 0 saturated heterocycles. The fourth-order valence-electron chi connectivity index (χ4n) is 3.03. The van der Waals surface area contributed by atoms with E-state index in [1.807, 2.05) is 67.6 Å². The normalized spacial score (nSPS) is 15.1. The summed E-state index contributed by atoms with van der Waals surface area (Å²) in [6, 6.07) is 14.9. The first kappa shape index (κ1) is 20.0. The molecule has 1 aliphatic heterocycles. The molecule has 146 valence electrons. The highest BCUT2D eigenvalue weighted by molar-refractivity contribution is 6.01. The summed E-state index contributed by atoms with van der Waals surface area (Å²) in [5, 5.41) is 0. The van der Waals surface area contributed by atoms with E-state index < -0.39 is 18.0 Å². The van der Waals surface area contributed by atoms with Gasteiger partial charge in [-0.05, 0) is 42.8 Å². The van der Waals surface area contributed by atoms with Crippen molar-refractivity contribution in [2.24, 2.45) is 0 Å². The molecule has 1 aliphatic rings. The first-order valence-corrected chi connectivity index (χ1v) is 9.06. The van der Waals surface area contributed by atoms with E-state index in [9.17, 15) is 9.59 Å². The molecule has 0 saturated carbocycles. The van der Waals surface area contributed by atoms with E-state index in [1.54, 1.807) is 4.90 Å². The average molecular weight is 387 g/mol. The number of aryl methyl sites for hydroxylation is 1. The van der Waals surface area contributed by atoms with E-state index in [2.05, 4.69) is 11.8 Å². The Morgan fingerprint density at radius 3 is 2.52 bits per heavy atom. The van der Waals surface area contributed by atoms with Gasteiger partial charge in [-0.2, -0.15) is 0 Å². The maximum atomic E-state index is 12.5. The minimum Gasteiger partial charge on any atom is -0.466 e. The molecule has 0 aromatic heterocycles. The number of hydrogen-bond acceptors (Lipinski definition) is 5. The third-order valence-electron chi connectivity index (χ3n) is 4.43. The van der Waals surface area contributed by atoms with Crippen molar-refractivity contribution in [1.82, 2.24) is 0 Å². The minimum atomic E-state index is -0.650. The molecule has 5 heteroatoms. The predicted octanol–water partition coefficient (Wildman–Crippen LogP) is 3.48. The Bertz CT molecular complexity index is 1040. The molecule has 2 aromatic rings. The molecule has 0 bridgehead atoms. The van der Waals surface area contributed by atoms with Gasteiger partial charge in [0.05, 0.1) is 26.0 Å². The Balaban J connectivity index is 2.14. The maximum Gasteiger partial charge on any atom is 0.355 e. The minimum absolute atomic E-state index is 0.0566. The van der Waals surface area contributed by atoms with E-state index >= 15 is 0 Å². The summed E-state index contributed by atoms with van der Waals surface area (Å²) in [4.78, 5) is 26.2. The van der Waals surface area contributed by atoms with Crippen LogP contribution < -0.4 is 4.90 Å². The van der Waals surface area contributed by atoms with Gasteiger partial charge in [-0.1, -0.05) is 47.7 Å². The zero-order chi connectivity index (χ0) is 20.8. The summed E-state index contributed by atoms with van der Waals surface area (Å²) in [6.07, 6.45) is 4.99. The molecule has 29 heavy (non-hydrogen) atoms. The number of carbonyl (C=O) groups excluding carboxylic acids is 2. The van der Waals surface area contributed by atoms with Gasteiger partial charge in [0.1, 0.15) is 11.7 Å². The average Bonchev–Trinajstić information content (AvgIpc) is 2.75. The van der Waals surface area contributed by atoms with Gasteiger partial charge in [0.2, 0.25) is 0 Å². The zero-order valence-electron chi connectivity index (χ0n) is 16.5. The molecule has 2 aromatic carbocycles. The van der Waals surface area contributed by atoms with Crippen LogP contribution in [0, 0.1) is 18.8 Å². The second kappa shape index (κ2) is 8.94. The molecule has 0 N–H and O–H groups in total. The Morgan fingerprint density at radius 2 is 1.83 bits per heavy atom. The van der Waals surface area contributed by atoms with Crippen molar-refractivity contribution >= 4 is 23.7 Å². The Kier molecular flexibility index (Phi) is 6.16. The molecule has 0 radical (unpaired) electrons. The molecule has 1 atom stereocenters. The third-order valence-corrected chi connectivity index (χ3v) is 4.43. The second-order valence-corrected chi connectivity index (χ2v) is 6.42. The van der Waals surface area contributed by atoms with Gasteiger partial charge in [-0.3, -0.25) is 0 Å². The van der Waals surface area contributed by atoms with Gasteiger partial charge in [0.15, 0.2) is 0 Å². The standard InChI is InChI=1S/C24H21NO4/c1-17-9-14-21-19(15-17)11-13-20(12-10-18-7-5-4-6-8-18)25(21)22(24(27)29-3)16-23(26)28-2/h4-9,11,13-16,20H,1-3H3/b22-16+. The van der Waals surface area contributed by atoms with Crippen LogP contribution in [-0.4, -0.2) is 32.2 Å². The molecule has 0 fully saturated rings. The van der Waals surface area contributed by atoms with Crippen LogP contribution in [0.4, 0.5) is 5.69 Å². The first-order valence-electron chi connectivity index (χ1n) is 9.06. The lowest BCUT2D eigenvalue weighted by molar-refractivity contribution is -0.138. The summed E-state index contributed by atoms with van der Waals surface area (Å²) in [6.45, 7) is 1.99. The van der Waals surface area contributed by atoms with E-state index in [4.69, 9.17) is 9.47 Å². The quantitative estimate of drug-likeness (QED) is 0.459. The van der Waals surface area contributed by atoms with Crippen LogP contribution in [0.25, 0.3) is 6.08 Å². The molecule has 0 spiro atoms. The lowest BCUT2D eigenvalue weighted by Crippen LogP contribution is -2.38. The number of anilines is 1. The molecule has 5 nitrogen and oxygen atoms in total. The highest BCUT2D eigenvalue weighted by Crippen LogP contribution is 2.33. The topological polar surface area (TPSA) is 55.8 Å². The van der Waals surface area contributed by atoms with Crippen LogP contribution in [0.2, 0.25) is 0 Å². The van der Waals surface area contributed by atoms with E-state index in [0.29, 0.717) is 0 Å². The van der Waals surface area contributed by atoms with Crippen LogP contribution in [0.5, 0.6) is 0 Å². The molecular weight excluding hydrogens is 366 g/mol. The lowest BCUT2D eigenvalue weighted by atomic mass is 9.99. The number of hydrogen-bond donors (Lipinski definition) is 0. The predicted molar refractivity (Wildman–Crippen MR) is 112 cm³/mol.